The van der Waals surface area contributed by atoms with E-state index in [4.69, 9.17) is 0 Å². The van der Waals surface area contributed by atoms with Gasteiger partial charge >= 0.3 is 0 Å². The predicted molar refractivity (Wildman–Crippen MR) is 40.8 cm³/mol. The van der Waals surface area contributed by atoms with Gasteiger partial charge in [-0.25, -0.2) is 0 Å². The lowest BCUT2D eigenvalue weighted by Crippen LogP contribution is -2.12. The minimum absolute atomic E-state index is 0.180. The Kier molecular flexibility index (Phi) is 1.48. The molecule has 0 saturated heterocycles. The lowest BCUT2D eigenvalue weighted by Gasteiger charge is -2.13. The van der Waals surface area contributed by atoms with E-state index in [1.165, 1.54) is 32.1 Å². The maximum Gasteiger partial charge on any atom is 0.0680 e. The summed E-state index contributed by atoms with van der Waals surface area (Å²) in [6, 6.07) is 0. The SMILES string of the molecule is OC12CCCCCCC1C2. The van der Waals surface area contributed by atoms with Crippen LogP contribution in [-0.4, -0.2) is 10.7 Å². The van der Waals surface area contributed by atoms with Gasteiger partial charge in [-0.3, -0.25) is 0 Å². The van der Waals surface area contributed by atoms with Crippen molar-refractivity contribution in [1.82, 2.24) is 0 Å². The van der Waals surface area contributed by atoms with Crippen molar-refractivity contribution < 1.29 is 5.11 Å². The predicted octanol–water partition coefficient (Wildman–Crippen LogP) is 2.09. The largest absolute Gasteiger partial charge is 0.390 e. The minimum Gasteiger partial charge on any atom is -0.390 e. The number of fused-ring (bicyclic) bond motifs is 1. The molecule has 0 amide bonds. The lowest BCUT2D eigenvalue weighted by atomic mass is 9.99. The molecule has 0 aromatic carbocycles. The molecule has 1 N–H and O–H groups in total. The second-order valence-electron chi connectivity index (χ2n) is 3.96. The highest BCUT2D eigenvalue weighted by Crippen LogP contribution is 2.51. The number of aliphatic hydroxyl groups is 1. The topological polar surface area (TPSA) is 20.2 Å². The third kappa shape index (κ3) is 1.07. The Morgan fingerprint density at radius 3 is 2.80 bits per heavy atom. The van der Waals surface area contributed by atoms with Crippen LogP contribution in [0.4, 0.5) is 0 Å². The molecule has 2 atom stereocenters. The van der Waals surface area contributed by atoms with Crippen LogP contribution in [0, 0.1) is 5.92 Å². The molecule has 0 bridgehead atoms. The first kappa shape index (κ1) is 6.66. The van der Waals surface area contributed by atoms with Gasteiger partial charge in [-0.2, -0.15) is 0 Å². The van der Waals surface area contributed by atoms with E-state index in [0.29, 0.717) is 5.92 Å². The van der Waals surface area contributed by atoms with E-state index >= 15 is 0 Å². The van der Waals surface area contributed by atoms with Crippen LogP contribution in [-0.2, 0) is 0 Å². The van der Waals surface area contributed by atoms with Crippen LogP contribution in [0.5, 0.6) is 0 Å². The smallest absolute Gasteiger partial charge is 0.0680 e. The Morgan fingerprint density at radius 1 is 1.10 bits per heavy atom. The molecule has 0 aromatic heterocycles. The van der Waals surface area contributed by atoms with Crippen LogP contribution in [0.1, 0.15) is 44.9 Å². The zero-order valence-electron chi connectivity index (χ0n) is 6.47. The fourth-order valence-corrected chi connectivity index (χ4v) is 2.22. The quantitative estimate of drug-likeness (QED) is 0.546. The van der Waals surface area contributed by atoms with Gasteiger partial charge in [0.05, 0.1) is 5.60 Å². The third-order valence-corrected chi connectivity index (χ3v) is 3.11. The molecule has 1 nitrogen and oxygen atoms in total. The number of rotatable bonds is 0. The summed E-state index contributed by atoms with van der Waals surface area (Å²) in [5.74, 6) is 0.688. The number of hydrogen-bond acceptors (Lipinski definition) is 1. The average molecular weight is 140 g/mol. The van der Waals surface area contributed by atoms with Gasteiger partial charge in [0.2, 0.25) is 0 Å². The highest BCUT2D eigenvalue weighted by Gasteiger charge is 2.51. The van der Waals surface area contributed by atoms with Crippen molar-refractivity contribution in [3.63, 3.8) is 0 Å². The van der Waals surface area contributed by atoms with Gasteiger partial charge in [-0.05, 0) is 25.2 Å². The van der Waals surface area contributed by atoms with E-state index in [1.807, 2.05) is 0 Å². The van der Waals surface area contributed by atoms with E-state index < -0.39 is 0 Å². The van der Waals surface area contributed by atoms with E-state index in [0.717, 1.165) is 12.8 Å². The molecule has 2 saturated carbocycles. The van der Waals surface area contributed by atoms with Crippen LogP contribution in [0.2, 0.25) is 0 Å². The first-order valence-corrected chi connectivity index (χ1v) is 4.54. The Balaban J connectivity index is 1.91. The van der Waals surface area contributed by atoms with Crippen molar-refractivity contribution in [2.24, 2.45) is 5.92 Å². The van der Waals surface area contributed by atoms with Crippen molar-refractivity contribution in [2.75, 3.05) is 0 Å². The molecule has 10 heavy (non-hydrogen) atoms. The molecule has 2 aliphatic rings. The van der Waals surface area contributed by atoms with Crippen LogP contribution < -0.4 is 0 Å². The molecule has 0 radical (unpaired) electrons. The Morgan fingerprint density at radius 2 is 1.90 bits per heavy atom. The summed E-state index contributed by atoms with van der Waals surface area (Å²) in [7, 11) is 0. The van der Waals surface area contributed by atoms with Crippen LogP contribution >= 0.6 is 0 Å². The van der Waals surface area contributed by atoms with E-state index in [2.05, 4.69) is 0 Å². The van der Waals surface area contributed by atoms with Gasteiger partial charge < -0.3 is 5.11 Å². The van der Waals surface area contributed by atoms with Crippen LogP contribution in [0.15, 0.2) is 0 Å². The normalized spacial score (nSPS) is 47.1. The van der Waals surface area contributed by atoms with Crippen molar-refractivity contribution in [3.05, 3.63) is 0 Å². The summed E-state index contributed by atoms with van der Waals surface area (Å²) in [5.41, 5.74) is -0.180. The molecule has 0 aliphatic heterocycles. The second kappa shape index (κ2) is 2.23. The second-order valence-corrected chi connectivity index (χ2v) is 3.96. The van der Waals surface area contributed by atoms with E-state index in [-0.39, 0.29) is 5.60 Å². The highest BCUT2D eigenvalue weighted by molar-refractivity contribution is 5.03. The average Bonchev–Trinajstić information content (AvgIpc) is 2.44. The molecule has 2 rings (SSSR count). The van der Waals surface area contributed by atoms with E-state index in [1.54, 1.807) is 0 Å². The van der Waals surface area contributed by atoms with Crippen molar-refractivity contribution in [1.29, 1.82) is 0 Å². The molecule has 0 aromatic rings. The molecule has 0 heterocycles. The summed E-state index contributed by atoms with van der Waals surface area (Å²) >= 11 is 0. The van der Waals surface area contributed by atoms with Crippen molar-refractivity contribution >= 4 is 0 Å². The summed E-state index contributed by atoms with van der Waals surface area (Å²) < 4.78 is 0. The van der Waals surface area contributed by atoms with Crippen LogP contribution in [0.25, 0.3) is 0 Å². The first-order valence-electron chi connectivity index (χ1n) is 4.54. The maximum absolute atomic E-state index is 9.75. The van der Waals surface area contributed by atoms with Gasteiger partial charge in [0, 0.05) is 0 Å². The Bertz CT molecular complexity index is 133. The summed E-state index contributed by atoms with van der Waals surface area (Å²) in [6.45, 7) is 0. The molecule has 0 spiro atoms. The zero-order chi connectivity index (χ0) is 7.03. The minimum atomic E-state index is -0.180. The monoisotopic (exact) mass is 140 g/mol. The lowest BCUT2D eigenvalue weighted by molar-refractivity contribution is 0.111. The standard InChI is InChI=1S/C9H16O/c10-9-6-4-2-1-3-5-8(9)7-9/h8,10H,1-7H2. The van der Waals surface area contributed by atoms with Crippen molar-refractivity contribution in [3.8, 4) is 0 Å². The van der Waals surface area contributed by atoms with Gasteiger partial charge in [0.25, 0.3) is 0 Å². The third-order valence-electron chi connectivity index (χ3n) is 3.11. The fraction of sp³-hybridized carbons (Fsp3) is 1.00. The maximum atomic E-state index is 9.75. The summed E-state index contributed by atoms with van der Waals surface area (Å²) in [5, 5.41) is 9.75. The van der Waals surface area contributed by atoms with Gasteiger partial charge in [0.1, 0.15) is 0 Å². The van der Waals surface area contributed by atoms with Gasteiger partial charge in [-0.15, -0.1) is 0 Å². The fourth-order valence-electron chi connectivity index (χ4n) is 2.22. The molecule has 2 unspecified atom stereocenters. The summed E-state index contributed by atoms with van der Waals surface area (Å²) in [6.07, 6.45) is 8.82. The molecule has 2 aliphatic carbocycles. The molecule has 58 valence electrons. The molecular formula is C9H16O. The Hall–Kier alpha value is -0.0400. The zero-order valence-corrected chi connectivity index (χ0v) is 6.47. The van der Waals surface area contributed by atoms with Gasteiger partial charge in [0.15, 0.2) is 0 Å². The van der Waals surface area contributed by atoms with Crippen molar-refractivity contribution in [2.45, 2.75) is 50.5 Å². The summed E-state index contributed by atoms with van der Waals surface area (Å²) in [4.78, 5) is 0. The number of hydrogen-bond donors (Lipinski definition) is 1. The Labute approximate surface area is 62.4 Å². The molecule has 2 fully saturated rings. The molecule has 1 heteroatoms. The van der Waals surface area contributed by atoms with E-state index in [9.17, 15) is 5.11 Å². The van der Waals surface area contributed by atoms with Crippen LogP contribution in [0.3, 0.4) is 0 Å². The highest BCUT2D eigenvalue weighted by atomic mass is 16.3. The van der Waals surface area contributed by atoms with Gasteiger partial charge in [-0.1, -0.05) is 25.7 Å². The molecular weight excluding hydrogens is 124 g/mol. The first-order chi connectivity index (χ1) is 4.81.